The van der Waals surface area contributed by atoms with Crippen LogP contribution in [0.25, 0.3) is 5.69 Å². The Balaban J connectivity index is 1.25. The maximum Gasteiger partial charge on any atom is 0.339 e. The first kappa shape index (κ1) is 17.4. The summed E-state index contributed by atoms with van der Waals surface area (Å²) in [6.07, 6.45) is 6.00. The molecule has 1 amide bonds. The molecule has 1 spiro atoms. The highest BCUT2D eigenvalue weighted by Gasteiger charge is 2.57. The number of esters is 1. The molecule has 0 unspecified atom stereocenters. The molecule has 150 valence electrons. The van der Waals surface area contributed by atoms with Crippen molar-refractivity contribution in [3.63, 3.8) is 0 Å². The van der Waals surface area contributed by atoms with Crippen LogP contribution in [0.3, 0.4) is 0 Å². The van der Waals surface area contributed by atoms with Crippen molar-refractivity contribution >= 4 is 11.9 Å². The third kappa shape index (κ3) is 2.39. The van der Waals surface area contributed by atoms with Crippen LogP contribution in [0.5, 0.6) is 0 Å². The third-order valence-corrected chi connectivity index (χ3v) is 6.79. The topological polar surface area (TPSA) is 64.4 Å². The molecule has 2 aromatic carbocycles. The van der Waals surface area contributed by atoms with E-state index in [2.05, 4.69) is 5.10 Å². The van der Waals surface area contributed by atoms with Crippen molar-refractivity contribution < 1.29 is 14.3 Å². The maximum atomic E-state index is 13.5. The van der Waals surface area contributed by atoms with Crippen LogP contribution in [0.1, 0.15) is 40.7 Å². The standard InChI is InChI=1S/C24H21N3O3/c28-21-19-4-1-2-5-20(19)24(30-21)12-15-26(16-24)22(29)23(10-11-23)17-6-8-18(9-7-17)27-14-3-13-25-27/h1-9,13-14H,10-12,15-16H2/t24-/m0/s1. The normalized spacial score (nSPS) is 23.5. The van der Waals surface area contributed by atoms with Crippen molar-refractivity contribution in [1.29, 1.82) is 0 Å². The predicted octanol–water partition coefficient (Wildman–Crippen LogP) is 3.20. The fourth-order valence-corrected chi connectivity index (χ4v) is 5.01. The van der Waals surface area contributed by atoms with Crippen LogP contribution in [0, 0.1) is 0 Å². The predicted molar refractivity (Wildman–Crippen MR) is 109 cm³/mol. The van der Waals surface area contributed by atoms with E-state index in [1.54, 1.807) is 16.9 Å². The van der Waals surface area contributed by atoms with E-state index >= 15 is 0 Å². The van der Waals surface area contributed by atoms with Crippen LogP contribution in [0.15, 0.2) is 67.0 Å². The van der Waals surface area contributed by atoms with Crippen molar-refractivity contribution in [2.24, 2.45) is 0 Å². The second-order valence-electron chi connectivity index (χ2n) is 8.49. The number of hydrogen-bond acceptors (Lipinski definition) is 4. The molecule has 3 aromatic rings. The molecule has 1 aliphatic carbocycles. The van der Waals surface area contributed by atoms with Gasteiger partial charge in [-0.2, -0.15) is 5.10 Å². The Morgan fingerprint density at radius 2 is 1.80 bits per heavy atom. The molecule has 0 radical (unpaired) electrons. The summed E-state index contributed by atoms with van der Waals surface area (Å²) in [5.41, 5.74) is 2.43. The molecular formula is C24H21N3O3. The fraction of sp³-hybridized carbons (Fsp3) is 0.292. The number of amides is 1. The number of benzene rings is 2. The summed E-state index contributed by atoms with van der Waals surface area (Å²) in [5.74, 6) is -0.137. The van der Waals surface area contributed by atoms with Gasteiger partial charge in [0, 0.05) is 30.9 Å². The van der Waals surface area contributed by atoms with Crippen molar-refractivity contribution in [2.45, 2.75) is 30.3 Å². The molecule has 1 aromatic heterocycles. The summed E-state index contributed by atoms with van der Waals surface area (Å²) in [7, 11) is 0. The number of carbonyl (C=O) groups excluding carboxylic acids is 2. The number of aromatic nitrogens is 2. The van der Waals surface area contributed by atoms with Gasteiger partial charge in [0.15, 0.2) is 5.60 Å². The zero-order valence-corrected chi connectivity index (χ0v) is 16.5. The molecular weight excluding hydrogens is 378 g/mol. The van der Waals surface area contributed by atoms with E-state index < -0.39 is 11.0 Å². The highest BCUT2D eigenvalue weighted by atomic mass is 16.6. The van der Waals surface area contributed by atoms with E-state index in [1.807, 2.05) is 59.6 Å². The number of carbonyl (C=O) groups is 2. The van der Waals surface area contributed by atoms with E-state index in [0.717, 1.165) is 29.7 Å². The number of nitrogens with zero attached hydrogens (tertiary/aromatic N) is 3. The van der Waals surface area contributed by atoms with Crippen molar-refractivity contribution in [3.8, 4) is 5.69 Å². The second kappa shape index (κ2) is 6.05. The monoisotopic (exact) mass is 399 g/mol. The van der Waals surface area contributed by atoms with Crippen LogP contribution < -0.4 is 0 Å². The second-order valence-corrected chi connectivity index (χ2v) is 8.49. The Morgan fingerprint density at radius 3 is 2.53 bits per heavy atom. The molecule has 3 heterocycles. The van der Waals surface area contributed by atoms with Gasteiger partial charge < -0.3 is 9.64 Å². The minimum atomic E-state index is -0.691. The number of likely N-dealkylation sites (tertiary alicyclic amines) is 1. The van der Waals surface area contributed by atoms with Gasteiger partial charge in [-0.25, -0.2) is 9.48 Å². The van der Waals surface area contributed by atoms with Gasteiger partial charge in [-0.05, 0) is 42.7 Å². The summed E-state index contributed by atoms with van der Waals surface area (Å²) in [5, 5.41) is 4.26. The smallest absolute Gasteiger partial charge is 0.339 e. The summed E-state index contributed by atoms with van der Waals surface area (Å²) >= 11 is 0. The molecule has 6 nitrogen and oxygen atoms in total. The molecule has 2 fully saturated rings. The summed E-state index contributed by atoms with van der Waals surface area (Å²) in [6, 6.07) is 17.5. The molecule has 30 heavy (non-hydrogen) atoms. The lowest BCUT2D eigenvalue weighted by atomic mass is 9.91. The number of rotatable bonds is 3. The first-order chi connectivity index (χ1) is 14.6. The largest absolute Gasteiger partial charge is 0.449 e. The van der Waals surface area contributed by atoms with E-state index in [4.69, 9.17) is 4.74 Å². The SMILES string of the molecule is O=C1O[C@]2(CCN(C(=O)C3(c4ccc(-n5cccn5)cc4)CC3)C2)c2ccccc21. The summed E-state index contributed by atoms with van der Waals surface area (Å²) in [6.45, 7) is 1.04. The number of hydrogen-bond donors (Lipinski definition) is 0. The quantitative estimate of drug-likeness (QED) is 0.635. The first-order valence-electron chi connectivity index (χ1n) is 10.3. The summed E-state index contributed by atoms with van der Waals surface area (Å²) in [4.78, 5) is 27.8. The van der Waals surface area contributed by atoms with Crippen LogP contribution in [-0.4, -0.2) is 39.6 Å². The fourth-order valence-electron chi connectivity index (χ4n) is 5.01. The third-order valence-electron chi connectivity index (χ3n) is 6.79. The molecule has 0 bridgehead atoms. The minimum absolute atomic E-state index is 0.145. The lowest BCUT2D eigenvalue weighted by Gasteiger charge is -2.27. The molecule has 1 atom stereocenters. The molecule has 0 N–H and O–H groups in total. The van der Waals surface area contributed by atoms with E-state index in [0.29, 0.717) is 25.1 Å². The van der Waals surface area contributed by atoms with Gasteiger partial charge in [-0.3, -0.25) is 4.79 Å². The number of fused-ring (bicyclic) bond motifs is 2. The van der Waals surface area contributed by atoms with Crippen molar-refractivity contribution in [1.82, 2.24) is 14.7 Å². The Labute approximate surface area is 174 Å². The van der Waals surface area contributed by atoms with Crippen molar-refractivity contribution in [3.05, 3.63) is 83.7 Å². The Morgan fingerprint density at radius 1 is 1.00 bits per heavy atom. The van der Waals surface area contributed by atoms with Gasteiger partial charge in [-0.1, -0.05) is 30.3 Å². The highest BCUT2D eigenvalue weighted by molar-refractivity contribution is 5.96. The first-order valence-corrected chi connectivity index (χ1v) is 10.3. The van der Waals surface area contributed by atoms with Crippen LogP contribution >= 0.6 is 0 Å². The highest BCUT2D eigenvalue weighted by Crippen LogP contribution is 2.52. The zero-order valence-electron chi connectivity index (χ0n) is 16.5. The average Bonchev–Trinajstić information content (AvgIpc) is 3.13. The maximum absolute atomic E-state index is 13.5. The van der Waals surface area contributed by atoms with Gasteiger partial charge in [0.25, 0.3) is 0 Å². The Bertz CT molecular complexity index is 1150. The van der Waals surface area contributed by atoms with Gasteiger partial charge in [0.1, 0.15) is 0 Å². The molecule has 1 saturated carbocycles. The van der Waals surface area contributed by atoms with Crippen LogP contribution in [-0.2, 0) is 20.5 Å². The molecule has 1 saturated heterocycles. The lowest BCUT2D eigenvalue weighted by molar-refractivity contribution is -0.134. The lowest BCUT2D eigenvalue weighted by Crippen LogP contribution is -2.40. The van der Waals surface area contributed by atoms with Gasteiger partial charge >= 0.3 is 5.97 Å². The summed E-state index contributed by atoms with van der Waals surface area (Å²) < 4.78 is 7.62. The van der Waals surface area contributed by atoms with Gasteiger partial charge in [-0.15, -0.1) is 0 Å². The van der Waals surface area contributed by atoms with Crippen LogP contribution in [0.4, 0.5) is 0 Å². The zero-order chi connectivity index (χ0) is 20.3. The van der Waals surface area contributed by atoms with E-state index in [9.17, 15) is 9.59 Å². The van der Waals surface area contributed by atoms with E-state index in [1.165, 1.54) is 0 Å². The molecule has 3 aliphatic rings. The average molecular weight is 399 g/mol. The van der Waals surface area contributed by atoms with Gasteiger partial charge in [0.05, 0.1) is 23.2 Å². The van der Waals surface area contributed by atoms with Gasteiger partial charge in [0.2, 0.25) is 5.91 Å². The molecule has 6 heteroatoms. The Hall–Kier alpha value is -3.41. The minimum Gasteiger partial charge on any atom is -0.449 e. The molecule has 2 aliphatic heterocycles. The Kier molecular flexibility index (Phi) is 3.52. The van der Waals surface area contributed by atoms with Crippen LogP contribution in [0.2, 0.25) is 0 Å². The van der Waals surface area contributed by atoms with E-state index in [-0.39, 0.29) is 11.9 Å². The number of ether oxygens (including phenoxy) is 1. The van der Waals surface area contributed by atoms with Crippen molar-refractivity contribution in [2.75, 3.05) is 13.1 Å². The molecule has 6 rings (SSSR count).